The molecule has 0 saturated heterocycles. The standard InChI is InChI=1S/C15H15NO2/c1-2-12-6-4-8-16-15(12)14(18)10-11-5-3-7-13(17)9-11/h3-9,17H,2,10H2,1H3. The number of aromatic hydroxyl groups is 1. The Labute approximate surface area is 106 Å². The molecule has 0 aliphatic carbocycles. The van der Waals surface area contributed by atoms with E-state index < -0.39 is 0 Å². The van der Waals surface area contributed by atoms with Gasteiger partial charge >= 0.3 is 0 Å². The predicted octanol–water partition coefficient (Wildman–Crippen LogP) is 2.78. The predicted molar refractivity (Wildman–Crippen MR) is 69.8 cm³/mol. The normalized spacial score (nSPS) is 10.3. The first-order valence-corrected chi connectivity index (χ1v) is 5.95. The van der Waals surface area contributed by atoms with Gasteiger partial charge in [-0.15, -0.1) is 0 Å². The number of benzene rings is 1. The SMILES string of the molecule is CCc1cccnc1C(=O)Cc1cccc(O)c1. The fraction of sp³-hybridized carbons (Fsp3) is 0.200. The summed E-state index contributed by atoms with van der Waals surface area (Å²) in [5.41, 5.74) is 2.29. The van der Waals surface area contributed by atoms with Crippen LogP contribution < -0.4 is 0 Å². The molecule has 1 heterocycles. The van der Waals surface area contributed by atoms with E-state index in [9.17, 15) is 9.90 Å². The zero-order chi connectivity index (χ0) is 13.0. The number of hydrogen-bond acceptors (Lipinski definition) is 3. The summed E-state index contributed by atoms with van der Waals surface area (Å²) in [6, 6.07) is 10.5. The summed E-state index contributed by atoms with van der Waals surface area (Å²) in [6.07, 6.45) is 2.68. The van der Waals surface area contributed by atoms with Gasteiger partial charge in [0.15, 0.2) is 5.78 Å². The van der Waals surface area contributed by atoms with Crippen molar-refractivity contribution in [2.75, 3.05) is 0 Å². The largest absolute Gasteiger partial charge is 0.508 e. The summed E-state index contributed by atoms with van der Waals surface area (Å²) in [7, 11) is 0. The van der Waals surface area contributed by atoms with Crippen LogP contribution in [0.4, 0.5) is 0 Å². The van der Waals surface area contributed by atoms with Gasteiger partial charge in [0.25, 0.3) is 0 Å². The summed E-state index contributed by atoms with van der Waals surface area (Å²) in [4.78, 5) is 16.3. The van der Waals surface area contributed by atoms with Gasteiger partial charge in [-0.1, -0.05) is 25.1 Å². The Bertz CT molecular complexity index is 564. The van der Waals surface area contributed by atoms with E-state index in [0.29, 0.717) is 5.69 Å². The third kappa shape index (κ3) is 2.74. The van der Waals surface area contributed by atoms with Crippen LogP contribution in [0.5, 0.6) is 5.75 Å². The fourth-order valence-corrected chi connectivity index (χ4v) is 1.91. The topological polar surface area (TPSA) is 50.2 Å². The van der Waals surface area contributed by atoms with Gasteiger partial charge in [-0.05, 0) is 35.7 Å². The summed E-state index contributed by atoms with van der Waals surface area (Å²) < 4.78 is 0. The number of aryl methyl sites for hydroxylation is 1. The van der Waals surface area contributed by atoms with Crippen LogP contribution in [-0.4, -0.2) is 15.9 Å². The van der Waals surface area contributed by atoms with Crippen molar-refractivity contribution in [3.63, 3.8) is 0 Å². The Hall–Kier alpha value is -2.16. The zero-order valence-corrected chi connectivity index (χ0v) is 10.3. The van der Waals surface area contributed by atoms with Crippen LogP contribution in [0.3, 0.4) is 0 Å². The third-order valence-electron chi connectivity index (χ3n) is 2.81. The van der Waals surface area contributed by atoms with Gasteiger partial charge in [-0.3, -0.25) is 9.78 Å². The molecule has 0 aliphatic heterocycles. The molecule has 0 aliphatic rings. The minimum Gasteiger partial charge on any atom is -0.508 e. The van der Waals surface area contributed by atoms with Crippen molar-refractivity contribution in [2.45, 2.75) is 19.8 Å². The second kappa shape index (κ2) is 5.45. The molecule has 0 radical (unpaired) electrons. The third-order valence-corrected chi connectivity index (χ3v) is 2.81. The lowest BCUT2D eigenvalue weighted by Crippen LogP contribution is -2.09. The van der Waals surface area contributed by atoms with Crippen molar-refractivity contribution in [1.29, 1.82) is 0 Å². The zero-order valence-electron chi connectivity index (χ0n) is 10.3. The molecular formula is C15H15NO2. The molecule has 3 nitrogen and oxygen atoms in total. The first kappa shape index (κ1) is 12.3. The van der Waals surface area contributed by atoms with Crippen LogP contribution in [0, 0.1) is 0 Å². The van der Waals surface area contributed by atoms with Crippen LogP contribution in [0.2, 0.25) is 0 Å². The number of Topliss-reactive ketones (excluding diaryl/α,β-unsaturated/α-hetero) is 1. The molecule has 0 spiro atoms. The van der Waals surface area contributed by atoms with Crippen molar-refractivity contribution in [3.8, 4) is 5.75 Å². The minimum atomic E-state index is -0.0157. The molecule has 0 atom stereocenters. The smallest absolute Gasteiger partial charge is 0.185 e. The first-order valence-electron chi connectivity index (χ1n) is 5.95. The Morgan fingerprint density at radius 1 is 1.28 bits per heavy atom. The van der Waals surface area contributed by atoms with E-state index in [1.165, 1.54) is 0 Å². The highest BCUT2D eigenvalue weighted by atomic mass is 16.3. The second-order valence-electron chi connectivity index (χ2n) is 4.13. The van der Waals surface area contributed by atoms with Gasteiger partial charge in [0.2, 0.25) is 0 Å². The maximum Gasteiger partial charge on any atom is 0.185 e. The van der Waals surface area contributed by atoms with Gasteiger partial charge in [0.05, 0.1) is 0 Å². The van der Waals surface area contributed by atoms with Crippen molar-refractivity contribution in [3.05, 3.63) is 59.4 Å². The van der Waals surface area contributed by atoms with Crippen LogP contribution >= 0.6 is 0 Å². The van der Waals surface area contributed by atoms with E-state index >= 15 is 0 Å². The fourth-order valence-electron chi connectivity index (χ4n) is 1.91. The highest BCUT2D eigenvalue weighted by molar-refractivity contribution is 5.97. The number of ketones is 1. The van der Waals surface area contributed by atoms with Gasteiger partial charge < -0.3 is 5.11 Å². The summed E-state index contributed by atoms with van der Waals surface area (Å²) in [5, 5.41) is 9.37. The molecule has 92 valence electrons. The quantitative estimate of drug-likeness (QED) is 0.837. The van der Waals surface area contributed by atoms with Crippen LogP contribution in [-0.2, 0) is 12.8 Å². The lowest BCUT2D eigenvalue weighted by molar-refractivity contribution is 0.0987. The van der Waals surface area contributed by atoms with Crippen LogP contribution in [0.1, 0.15) is 28.5 Å². The van der Waals surface area contributed by atoms with E-state index in [1.807, 2.05) is 25.1 Å². The molecule has 0 saturated carbocycles. The molecule has 0 bridgehead atoms. The number of carbonyl (C=O) groups excluding carboxylic acids is 1. The van der Waals surface area contributed by atoms with Crippen LogP contribution in [0.15, 0.2) is 42.6 Å². The number of aromatic nitrogens is 1. The van der Waals surface area contributed by atoms with Crippen molar-refractivity contribution < 1.29 is 9.90 Å². The lowest BCUT2D eigenvalue weighted by Gasteiger charge is -2.05. The highest BCUT2D eigenvalue weighted by Crippen LogP contribution is 2.14. The molecule has 0 fully saturated rings. The molecule has 2 rings (SSSR count). The van der Waals surface area contributed by atoms with Gasteiger partial charge in [0, 0.05) is 12.6 Å². The van der Waals surface area contributed by atoms with Gasteiger partial charge in [-0.25, -0.2) is 0 Å². The Morgan fingerprint density at radius 3 is 2.83 bits per heavy atom. The van der Waals surface area contributed by atoms with E-state index in [2.05, 4.69) is 4.98 Å². The van der Waals surface area contributed by atoms with E-state index in [4.69, 9.17) is 0 Å². The van der Waals surface area contributed by atoms with Gasteiger partial charge in [-0.2, -0.15) is 0 Å². The summed E-state index contributed by atoms with van der Waals surface area (Å²) in [5.74, 6) is 0.162. The van der Waals surface area contributed by atoms with E-state index in [1.54, 1.807) is 24.4 Å². The Balaban J connectivity index is 2.22. The van der Waals surface area contributed by atoms with E-state index in [-0.39, 0.29) is 18.0 Å². The first-order chi connectivity index (χ1) is 8.70. The summed E-state index contributed by atoms with van der Waals surface area (Å²) >= 11 is 0. The van der Waals surface area contributed by atoms with Crippen LogP contribution in [0.25, 0.3) is 0 Å². The van der Waals surface area contributed by atoms with Gasteiger partial charge in [0.1, 0.15) is 11.4 Å². The van der Waals surface area contributed by atoms with Crippen molar-refractivity contribution in [2.24, 2.45) is 0 Å². The molecule has 0 unspecified atom stereocenters. The lowest BCUT2D eigenvalue weighted by atomic mass is 10.0. The maximum absolute atomic E-state index is 12.2. The molecule has 18 heavy (non-hydrogen) atoms. The van der Waals surface area contributed by atoms with Crippen molar-refractivity contribution >= 4 is 5.78 Å². The molecule has 1 aromatic heterocycles. The Morgan fingerprint density at radius 2 is 2.11 bits per heavy atom. The number of nitrogens with zero attached hydrogens (tertiary/aromatic N) is 1. The molecule has 0 amide bonds. The van der Waals surface area contributed by atoms with E-state index in [0.717, 1.165) is 17.5 Å². The monoisotopic (exact) mass is 241 g/mol. The Kier molecular flexibility index (Phi) is 3.72. The number of pyridine rings is 1. The molecule has 1 N–H and O–H groups in total. The number of rotatable bonds is 4. The average molecular weight is 241 g/mol. The molecule has 2 aromatic rings. The van der Waals surface area contributed by atoms with Crippen molar-refractivity contribution in [1.82, 2.24) is 4.98 Å². The number of carbonyl (C=O) groups is 1. The molecular weight excluding hydrogens is 226 g/mol. The maximum atomic E-state index is 12.2. The highest BCUT2D eigenvalue weighted by Gasteiger charge is 2.12. The average Bonchev–Trinajstić information content (AvgIpc) is 2.38. The summed E-state index contributed by atoms with van der Waals surface area (Å²) in [6.45, 7) is 2.00. The second-order valence-corrected chi connectivity index (χ2v) is 4.13. The molecule has 3 heteroatoms. The number of phenolic OH excluding ortho intramolecular Hbond substituents is 1. The molecule has 1 aromatic carbocycles. The number of hydrogen-bond donors (Lipinski definition) is 1. The minimum absolute atomic E-state index is 0.0157. The number of phenols is 1.